The summed E-state index contributed by atoms with van der Waals surface area (Å²) in [6.45, 7) is 0. The molecule has 1 saturated heterocycles. The molecule has 4 aliphatic rings. The van der Waals surface area contributed by atoms with Crippen LogP contribution in [0.1, 0.15) is 19.3 Å². The molecule has 3 heteroatoms. The normalized spacial score (nSPS) is 48.3. The molecule has 0 N–H and O–H groups in total. The topological polar surface area (TPSA) is 46.7 Å². The van der Waals surface area contributed by atoms with Crippen LogP contribution < -0.4 is 0 Å². The van der Waals surface area contributed by atoms with E-state index in [-0.39, 0.29) is 35.6 Å². The molecule has 0 aromatic carbocycles. The molecule has 0 amide bonds. The molecule has 4 unspecified atom stereocenters. The number of epoxide rings is 1. The number of carbonyl (C=O) groups excluding carboxylic acids is 2. The van der Waals surface area contributed by atoms with E-state index in [1.807, 2.05) is 0 Å². The van der Waals surface area contributed by atoms with Crippen molar-refractivity contribution in [1.82, 2.24) is 0 Å². The molecule has 2 bridgehead atoms. The molecule has 1 aliphatic heterocycles. The van der Waals surface area contributed by atoms with E-state index >= 15 is 0 Å². The van der Waals surface area contributed by atoms with Crippen molar-refractivity contribution in [2.45, 2.75) is 31.5 Å². The third-order valence-corrected chi connectivity index (χ3v) is 4.07. The highest BCUT2D eigenvalue weighted by atomic mass is 16.6. The third-order valence-electron chi connectivity index (χ3n) is 4.07. The molecule has 3 nitrogen and oxygen atoms in total. The maximum atomic E-state index is 11.7. The maximum Gasteiger partial charge on any atom is 0.160 e. The minimum absolute atomic E-state index is 0.209. The van der Waals surface area contributed by atoms with Gasteiger partial charge in [0.25, 0.3) is 0 Å². The van der Waals surface area contributed by atoms with E-state index < -0.39 is 0 Å². The van der Waals surface area contributed by atoms with Gasteiger partial charge in [-0.15, -0.1) is 0 Å². The number of carbonyl (C=O) groups is 2. The Bertz CT molecular complexity index is 371. The predicted molar refractivity (Wildman–Crippen MR) is 46.5 cm³/mol. The molecule has 72 valence electrons. The quantitative estimate of drug-likeness (QED) is 0.526. The lowest BCUT2D eigenvalue weighted by Crippen LogP contribution is -2.27. The first-order valence-electron chi connectivity index (χ1n) is 5.23. The van der Waals surface area contributed by atoms with Gasteiger partial charge >= 0.3 is 0 Å². The van der Waals surface area contributed by atoms with Gasteiger partial charge in [-0.1, -0.05) is 0 Å². The van der Waals surface area contributed by atoms with E-state index in [1.54, 1.807) is 0 Å². The first-order valence-corrected chi connectivity index (χ1v) is 5.23. The van der Waals surface area contributed by atoms with E-state index in [1.165, 1.54) is 0 Å². The van der Waals surface area contributed by atoms with Gasteiger partial charge in [0, 0.05) is 35.8 Å². The minimum atomic E-state index is 0.209. The first-order chi connectivity index (χ1) is 6.77. The smallest absolute Gasteiger partial charge is 0.160 e. The van der Waals surface area contributed by atoms with E-state index in [4.69, 9.17) is 4.74 Å². The zero-order valence-electron chi connectivity index (χ0n) is 7.66. The summed E-state index contributed by atoms with van der Waals surface area (Å²) >= 11 is 0. The highest BCUT2D eigenvalue weighted by Gasteiger charge is 2.65. The molecule has 3 aliphatic carbocycles. The molecular formula is C11H10O3. The second-order valence-corrected chi connectivity index (χ2v) is 4.69. The lowest BCUT2D eigenvalue weighted by atomic mass is 9.81. The summed E-state index contributed by atoms with van der Waals surface area (Å²) in [6, 6.07) is 0. The standard InChI is InChI=1S/C11H10O3/c12-6-1-2-7(13)9-5-3-4(8(6)9)10-11(5)14-10/h4-5,10-11H,1-3H2. The van der Waals surface area contributed by atoms with E-state index in [9.17, 15) is 9.59 Å². The van der Waals surface area contributed by atoms with Crippen LogP contribution in [0, 0.1) is 11.8 Å². The zero-order chi connectivity index (χ0) is 9.45. The van der Waals surface area contributed by atoms with Crippen LogP contribution in [0.25, 0.3) is 0 Å². The Hall–Kier alpha value is -0.960. The van der Waals surface area contributed by atoms with E-state index in [0.717, 1.165) is 17.6 Å². The summed E-state index contributed by atoms with van der Waals surface area (Å²) in [6.07, 6.45) is 2.43. The van der Waals surface area contributed by atoms with Gasteiger partial charge in [0.05, 0.1) is 12.2 Å². The molecule has 0 aromatic rings. The van der Waals surface area contributed by atoms with Gasteiger partial charge in [-0.25, -0.2) is 0 Å². The van der Waals surface area contributed by atoms with Gasteiger partial charge in [0.15, 0.2) is 11.6 Å². The van der Waals surface area contributed by atoms with Crippen molar-refractivity contribution in [3.05, 3.63) is 11.1 Å². The maximum absolute atomic E-state index is 11.7. The van der Waals surface area contributed by atoms with Gasteiger partial charge < -0.3 is 4.74 Å². The molecule has 0 aromatic heterocycles. The summed E-state index contributed by atoms with van der Waals surface area (Å²) in [5.41, 5.74) is 1.70. The van der Waals surface area contributed by atoms with Crippen LogP contribution in [0.4, 0.5) is 0 Å². The number of fused-ring (bicyclic) bond motifs is 7. The largest absolute Gasteiger partial charge is 0.368 e. The Labute approximate surface area is 81.1 Å². The van der Waals surface area contributed by atoms with Gasteiger partial charge in [-0.2, -0.15) is 0 Å². The molecule has 14 heavy (non-hydrogen) atoms. The summed E-state index contributed by atoms with van der Waals surface area (Å²) < 4.78 is 5.48. The summed E-state index contributed by atoms with van der Waals surface area (Å²) in [4.78, 5) is 23.4. The molecule has 1 saturated carbocycles. The number of hydrogen-bond donors (Lipinski definition) is 0. The lowest BCUT2D eigenvalue weighted by molar-refractivity contribution is -0.122. The predicted octanol–water partition coefficient (Wildman–Crippen LogP) is 0.632. The van der Waals surface area contributed by atoms with Crippen LogP contribution in [0.15, 0.2) is 11.1 Å². The molecule has 0 radical (unpaired) electrons. The highest BCUT2D eigenvalue weighted by molar-refractivity contribution is 6.13. The van der Waals surface area contributed by atoms with Crippen LogP contribution in [-0.4, -0.2) is 23.8 Å². The van der Waals surface area contributed by atoms with E-state index in [2.05, 4.69) is 0 Å². The van der Waals surface area contributed by atoms with Crippen LogP contribution in [0.5, 0.6) is 0 Å². The van der Waals surface area contributed by atoms with Crippen LogP contribution in [0.2, 0.25) is 0 Å². The second kappa shape index (κ2) is 2.01. The Kier molecular flexibility index (Phi) is 1.05. The van der Waals surface area contributed by atoms with Gasteiger partial charge in [0.1, 0.15) is 0 Å². The average molecular weight is 190 g/mol. The minimum Gasteiger partial charge on any atom is -0.368 e. The first kappa shape index (κ1) is 7.35. The summed E-state index contributed by atoms with van der Waals surface area (Å²) in [7, 11) is 0. The summed E-state index contributed by atoms with van der Waals surface area (Å²) in [5.74, 6) is 0.968. The molecule has 1 heterocycles. The fraction of sp³-hybridized carbons (Fsp3) is 0.636. The van der Waals surface area contributed by atoms with Crippen molar-refractivity contribution in [2.75, 3.05) is 0 Å². The SMILES string of the molecule is O=C1CCC(=O)C2=C1C1CC2C2OC12. The number of ether oxygens (including phenoxy) is 1. The second-order valence-electron chi connectivity index (χ2n) is 4.69. The van der Waals surface area contributed by atoms with Gasteiger partial charge in [0.2, 0.25) is 0 Å². The van der Waals surface area contributed by atoms with Gasteiger partial charge in [-0.3, -0.25) is 9.59 Å². The van der Waals surface area contributed by atoms with Crippen molar-refractivity contribution < 1.29 is 14.3 Å². The summed E-state index contributed by atoms with van der Waals surface area (Å²) in [5, 5.41) is 0. The highest BCUT2D eigenvalue weighted by Crippen LogP contribution is 2.60. The average Bonchev–Trinajstić information content (AvgIpc) is 2.79. The van der Waals surface area contributed by atoms with Crippen LogP contribution in [-0.2, 0) is 14.3 Å². The molecule has 0 spiro atoms. The van der Waals surface area contributed by atoms with Crippen LogP contribution in [0.3, 0.4) is 0 Å². The fourth-order valence-corrected chi connectivity index (χ4v) is 3.50. The van der Waals surface area contributed by atoms with Crippen molar-refractivity contribution >= 4 is 11.6 Å². The van der Waals surface area contributed by atoms with Crippen molar-refractivity contribution in [2.24, 2.45) is 11.8 Å². The Morgan fingerprint density at radius 1 is 0.929 bits per heavy atom. The Morgan fingerprint density at radius 2 is 1.43 bits per heavy atom. The fourth-order valence-electron chi connectivity index (χ4n) is 3.50. The van der Waals surface area contributed by atoms with Crippen LogP contribution >= 0.6 is 0 Å². The van der Waals surface area contributed by atoms with Crippen molar-refractivity contribution in [3.63, 3.8) is 0 Å². The van der Waals surface area contributed by atoms with Crippen molar-refractivity contribution in [3.8, 4) is 0 Å². The molecular weight excluding hydrogens is 180 g/mol. The molecule has 2 fully saturated rings. The lowest BCUT2D eigenvalue weighted by Gasteiger charge is -2.19. The molecule has 4 atom stereocenters. The number of rotatable bonds is 0. The van der Waals surface area contributed by atoms with E-state index in [0.29, 0.717) is 12.8 Å². The Balaban J connectivity index is 1.92. The number of ketones is 2. The zero-order valence-corrected chi connectivity index (χ0v) is 7.66. The van der Waals surface area contributed by atoms with Crippen molar-refractivity contribution in [1.29, 1.82) is 0 Å². The van der Waals surface area contributed by atoms with Gasteiger partial charge in [-0.05, 0) is 6.42 Å². The number of hydrogen-bond acceptors (Lipinski definition) is 3. The Morgan fingerprint density at radius 3 is 1.93 bits per heavy atom. The third kappa shape index (κ3) is 0.630. The molecule has 4 rings (SSSR count). The number of Topliss-reactive ketones (excluding diaryl/α,β-unsaturated/α-hetero) is 2. The monoisotopic (exact) mass is 190 g/mol.